The first-order valence-corrected chi connectivity index (χ1v) is 12.2. The average molecular weight is 436 g/mol. The number of amides is 1. The number of nitrogens with zero attached hydrogens (tertiary/aromatic N) is 3. The maximum atomic E-state index is 13.0. The van der Waals surface area contributed by atoms with Crippen LogP contribution >= 0.6 is 0 Å². The van der Waals surface area contributed by atoms with E-state index in [1.807, 2.05) is 33.0 Å². The Labute approximate surface area is 192 Å². The minimum absolute atomic E-state index is 0.174. The van der Waals surface area contributed by atoms with Gasteiger partial charge in [-0.1, -0.05) is 55.7 Å². The lowest BCUT2D eigenvalue weighted by Crippen LogP contribution is -2.43. The lowest BCUT2D eigenvalue weighted by atomic mass is 9.95. The van der Waals surface area contributed by atoms with Gasteiger partial charge < -0.3 is 4.74 Å². The Kier molecular flexibility index (Phi) is 7.14. The van der Waals surface area contributed by atoms with Gasteiger partial charge in [0.05, 0.1) is 0 Å². The molecule has 4 rings (SSSR count). The molecule has 2 heterocycles. The second-order valence-corrected chi connectivity index (χ2v) is 10.2. The zero-order valence-corrected chi connectivity index (χ0v) is 19.8. The van der Waals surface area contributed by atoms with Gasteiger partial charge in [0, 0.05) is 24.8 Å². The van der Waals surface area contributed by atoms with Crippen molar-refractivity contribution in [2.45, 2.75) is 89.9 Å². The third kappa shape index (κ3) is 5.69. The number of rotatable bonds is 5. The molecule has 2 fully saturated rings. The largest absolute Gasteiger partial charge is 0.443 e. The molecule has 0 radical (unpaired) electrons. The van der Waals surface area contributed by atoms with Crippen LogP contribution in [0.25, 0.3) is 0 Å². The highest BCUT2D eigenvalue weighted by Crippen LogP contribution is 2.34. The molecule has 1 amide bonds. The molecule has 1 aliphatic carbocycles. The summed E-state index contributed by atoms with van der Waals surface area (Å²) in [5.74, 6) is 0.709. The lowest BCUT2D eigenvalue weighted by Gasteiger charge is -2.36. The van der Waals surface area contributed by atoms with Crippen molar-refractivity contribution >= 4 is 11.9 Å². The number of ether oxygens (including phenoxy) is 1. The van der Waals surface area contributed by atoms with Crippen LogP contribution < -0.4 is 4.90 Å². The average Bonchev–Trinajstić information content (AvgIpc) is 3.29. The summed E-state index contributed by atoms with van der Waals surface area (Å²) >= 11 is 0. The number of hydrogen-bond donors (Lipinski definition) is 0. The van der Waals surface area contributed by atoms with Gasteiger partial charge in [0.25, 0.3) is 0 Å². The molecular weight excluding hydrogens is 398 g/mol. The highest BCUT2D eigenvalue weighted by molar-refractivity contribution is 5.87. The molecule has 172 valence electrons. The van der Waals surface area contributed by atoms with Crippen LogP contribution in [0.4, 0.5) is 10.6 Å². The van der Waals surface area contributed by atoms with Crippen LogP contribution in [0, 0.1) is 0 Å². The van der Waals surface area contributed by atoms with Crippen LogP contribution in [0.15, 0.2) is 48.7 Å². The Bertz CT molecular complexity index is 870. The van der Waals surface area contributed by atoms with E-state index in [1.165, 1.54) is 24.0 Å². The van der Waals surface area contributed by atoms with E-state index < -0.39 is 5.60 Å². The summed E-state index contributed by atoms with van der Waals surface area (Å²) in [5.41, 5.74) is 2.06. The first-order valence-electron chi connectivity index (χ1n) is 12.2. The van der Waals surface area contributed by atoms with E-state index in [-0.39, 0.29) is 12.1 Å². The third-order valence-corrected chi connectivity index (χ3v) is 6.52. The van der Waals surface area contributed by atoms with Crippen LogP contribution in [0.2, 0.25) is 0 Å². The Morgan fingerprint density at radius 2 is 1.75 bits per heavy atom. The molecule has 0 spiro atoms. The fraction of sp³-hybridized carbons (Fsp3) is 0.556. The molecule has 1 unspecified atom stereocenters. The van der Waals surface area contributed by atoms with Crippen molar-refractivity contribution in [2.75, 3.05) is 11.4 Å². The van der Waals surface area contributed by atoms with Gasteiger partial charge in [-0.15, -0.1) is 0 Å². The summed E-state index contributed by atoms with van der Waals surface area (Å²) in [5, 5.41) is 0. The van der Waals surface area contributed by atoms with Crippen molar-refractivity contribution in [1.29, 1.82) is 0 Å². The Morgan fingerprint density at radius 1 is 1.03 bits per heavy atom. The van der Waals surface area contributed by atoms with E-state index in [4.69, 9.17) is 9.72 Å². The molecule has 0 N–H and O–H groups in total. The zero-order valence-electron chi connectivity index (χ0n) is 19.8. The molecule has 2 aliphatic rings. The van der Waals surface area contributed by atoms with Crippen molar-refractivity contribution in [3.05, 3.63) is 59.8 Å². The van der Waals surface area contributed by atoms with Crippen LogP contribution in [0.3, 0.4) is 0 Å². The summed E-state index contributed by atoms with van der Waals surface area (Å²) in [6.07, 6.45) is 9.64. The maximum Gasteiger partial charge on any atom is 0.416 e. The van der Waals surface area contributed by atoms with Gasteiger partial charge in [-0.3, -0.25) is 9.80 Å². The normalized spacial score (nSPS) is 20.3. The number of anilines is 1. The van der Waals surface area contributed by atoms with Crippen molar-refractivity contribution < 1.29 is 9.53 Å². The fourth-order valence-corrected chi connectivity index (χ4v) is 5.02. The standard InChI is InChI=1S/C27H37N3O2/c1-27(2,3)32-26(31)30(23-13-7-8-14-23)25-17-16-22(19-28-25)24-15-9-10-18-29(24)20-21-11-5-4-6-12-21/h4-6,11-12,16-17,19,23-24H,7-10,13-15,18,20H2,1-3H3. The van der Waals surface area contributed by atoms with E-state index in [2.05, 4.69) is 41.3 Å². The Morgan fingerprint density at radius 3 is 2.41 bits per heavy atom. The SMILES string of the molecule is CC(C)(C)OC(=O)N(c1ccc(C2CCCCN2Cc2ccccc2)cn1)C1CCCC1. The minimum Gasteiger partial charge on any atom is -0.443 e. The predicted octanol–water partition coefficient (Wildman–Crippen LogP) is 6.49. The number of aromatic nitrogens is 1. The fourth-order valence-electron chi connectivity index (χ4n) is 5.02. The summed E-state index contributed by atoms with van der Waals surface area (Å²) in [4.78, 5) is 22.2. The molecule has 1 atom stereocenters. The summed E-state index contributed by atoms with van der Waals surface area (Å²) < 4.78 is 5.74. The number of carbonyl (C=O) groups excluding carboxylic acids is 1. The van der Waals surface area contributed by atoms with Crippen molar-refractivity contribution in [3.8, 4) is 0 Å². The number of benzene rings is 1. The monoisotopic (exact) mass is 435 g/mol. The minimum atomic E-state index is -0.520. The summed E-state index contributed by atoms with van der Waals surface area (Å²) in [6.45, 7) is 7.81. The second-order valence-electron chi connectivity index (χ2n) is 10.2. The number of piperidine rings is 1. The molecule has 1 aromatic carbocycles. The number of likely N-dealkylation sites (tertiary alicyclic amines) is 1. The molecule has 5 nitrogen and oxygen atoms in total. The smallest absolute Gasteiger partial charge is 0.416 e. The van der Waals surface area contributed by atoms with Crippen LogP contribution in [-0.2, 0) is 11.3 Å². The molecule has 0 bridgehead atoms. The van der Waals surface area contributed by atoms with Crippen molar-refractivity contribution in [2.24, 2.45) is 0 Å². The first kappa shape index (κ1) is 22.8. The van der Waals surface area contributed by atoms with Gasteiger partial charge in [-0.05, 0) is 70.2 Å². The maximum absolute atomic E-state index is 13.0. The Hall–Kier alpha value is -2.40. The summed E-state index contributed by atoms with van der Waals surface area (Å²) in [6, 6.07) is 15.4. The van der Waals surface area contributed by atoms with Gasteiger partial charge in [0.15, 0.2) is 0 Å². The molecule has 1 saturated carbocycles. The van der Waals surface area contributed by atoms with Gasteiger partial charge in [-0.2, -0.15) is 0 Å². The number of pyridine rings is 1. The quantitative estimate of drug-likeness (QED) is 0.538. The van der Waals surface area contributed by atoms with Gasteiger partial charge in [-0.25, -0.2) is 9.78 Å². The van der Waals surface area contributed by atoms with E-state index in [0.29, 0.717) is 11.9 Å². The molecule has 1 aromatic heterocycles. The van der Waals surface area contributed by atoms with E-state index >= 15 is 0 Å². The van der Waals surface area contributed by atoms with E-state index in [0.717, 1.165) is 45.2 Å². The summed E-state index contributed by atoms with van der Waals surface area (Å²) in [7, 11) is 0. The van der Waals surface area contributed by atoms with E-state index in [9.17, 15) is 4.79 Å². The van der Waals surface area contributed by atoms with Crippen LogP contribution in [-0.4, -0.2) is 34.2 Å². The van der Waals surface area contributed by atoms with Gasteiger partial charge >= 0.3 is 6.09 Å². The highest BCUT2D eigenvalue weighted by atomic mass is 16.6. The molecular formula is C27H37N3O2. The first-order chi connectivity index (χ1) is 15.4. The molecule has 5 heteroatoms. The zero-order chi connectivity index (χ0) is 22.6. The van der Waals surface area contributed by atoms with Crippen LogP contribution in [0.1, 0.15) is 82.9 Å². The lowest BCUT2D eigenvalue weighted by molar-refractivity contribution is 0.0564. The van der Waals surface area contributed by atoms with E-state index in [1.54, 1.807) is 4.90 Å². The van der Waals surface area contributed by atoms with Crippen molar-refractivity contribution in [3.63, 3.8) is 0 Å². The molecule has 2 aromatic rings. The number of carbonyl (C=O) groups is 1. The number of hydrogen-bond acceptors (Lipinski definition) is 4. The molecule has 1 aliphatic heterocycles. The van der Waals surface area contributed by atoms with Crippen molar-refractivity contribution in [1.82, 2.24) is 9.88 Å². The van der Waals surface area contributed by atoms with Crippen LogP contribution in [0.5, 0.6) is 0 Å². The second kappa shape index (κ2) is 10.0. The Balaban J connectivity index is 1.53. The topological polar surface area (TPSA) is 45.7 Å². The van der Waals surface area contributed by atoms with Gasteiger partial charge in [0.2, 0.25) is 0 Å². The van der Waals surface area contributed by atoms with Gasteiger partial charge in [0.1, 0.15) is 11.4 Å². The predicted molar refractivity (Wildman–Crippen MR) is 129 cm³/mol. The highest BCUT2D eigenvalue weighted by Gasteiger charge is 2.33. The molecule has 32 heavy (non-hydrogen) atoms. The third-order valence-electron chi connectivity index (χ3n) is 6.52. The molecule has 1 saturated heterocycles.